The van der Waals surface area contributed by atoms with Crippen LogP contribution in [0.2, 0.25) is 0 Å². The smallest absolute Gasteiger partial charge is 0.269 e. The fraction of sp³-hybridized carbons (Fsp3) is 0.0952. The van der Waals surface area contributed by atoms with E-state index in [1.54, 1.807) is 36.7 Å². The van der Waals surface area contributed by atoms with Gasteiger partial charge in [0.1, 0.15) is 0 Å². The molecule has 0 saturated carbocycles. The Morgan fingerprint density at radius 3 is 2.04 bits per heavy atom. The van der Waals surface area contributed by atoms with Crippen LogP contribution in [0.15, 0.2) is 67.0 Å². The number of pyridine rings is 1. The van der Waals surface area contributed by atoms with Crippen molar-refractivity contribution in [1.29, 1.82) is 0 Å². The molecular formula is C21H19N3O4. The van der Waals surface area contributed by atoms with Gasteiger partial charge in [-0.1, -0.05) is 18.2 Å². The number of nitrogens with zero attached hydrogens (tertiary/aromatic N) is 1. The molecule has 2 aromatic carbocycles. The second-order valence-corrected chi connectivity index (χ2v) is 5.80. The number of nitrogens with one attached hydrogen (secondary N) is 2. The first-order valence-corrected chi connectivity index (χ1v) is 8.45. The first-order chi connectivity index (χ1) is 13.6. The van der Waals surface area contributed by atoms with Crippen LogP contribution in [0.25, 0.3) is 11.1 Å². The Hall–Kier alpha value is -3.87. The molecule has 0 atom stereocenters. The van der Waals surface area contributed by atoms with Crippen molar-refractivity contribution in [1.82, 2.24) is 15.8 Å². The van der Waals surface area contributed by atoms with Crippen molar-refractivity contribution >= 4 is 11.8 Å². The molecule has 0 spiro atoms. The summed E-state index contributed by atoms with van der Waals surface area (Å²) in [6.07, 6.45) is 3.45. The number of ether oxygens (including phenoxy) is 2. The SMILES string of the molecule is COc1ccc(C(=O)NNC(=O)c2ccc(-c3cccnc3)cc2)cc1OC. The highest BCUT2D eigenvalue weighted by Gasteiger charge is 2.12. The van der Waals surface area contributed by atoms with Gasteiger partial charge in [-0.15, -0.1) is 0 Å². The molecule has 0 saturated heterocycles. The second kappa shape index (κ2) is 8.68. The average Bonchev–Trinajstić information content (AvgIpc) is 2.77. The van der Waals surface area contributed by atoms with Crippen LogP contribution in [0.3, 0.4) is 0 Å². The van der Waals surface area contributed by atoms with E-state index >= 15 is 0 Å². The molecule has 28 heavy (non-hydrogen) atoms. The monoisotopic (exact) mass is 377 g/mol. The van der Waals surface area contributed by atoms with Crippen molar-refractivity contribution in [3.63, 3.8) is 0 Å². The maximum absolute atomic E-state index is 12.3. The summed E-state index contributed by atoms with van der Waals surface area (Å²) in [6, 6.07) is 15.5. The van der Waals surface area contributed by atoms with Crippen molar-refractivity contribution in [3.8, 4) is 22.6 Å². The molecule has 7 heteroatoms. The number of amides is 2. The third kappa shape index (κ3) is 4.27. The highest BCUT2D eigenvalue weighted by molar-refractivity contribution is 5.99. The van der Waals surface area contributed by atoms with E-state index in [9.17, 15) is 9.59 Å². The number of carbonyl (C=O) groups is 2. The number of benzene rings is 2. The molecule has 0 fully saturated rings. The number of carbonyl (C=O) groups excluding carboxylic acids is 2. The molecule has 0 aliphatic carbocycles. The first kappa shape index (κ1) is 18.9. The van der Waals surface area contributed by atoms with E-state index in [2.05, 4.69) is 15.8 Å². The number of aromatic nitrogens is 1. The van der Waals surface area contributed by atoms with Gasteiger partial charge < -0.3 is 9.47 Å². The Balaban J connectivity index is 1.63. The fourth-order valence-corrected chi connectivity index (χ4v) is 2.58. The Morgan fingerprint density at radius 2 is 1.43 bits per heavy atom. The third-order valence-electron chi connectivity index (χ3n) is 4.08. The van der Waals surface area contributed by atoms with Gasteiger partial charge in [-0.25, -0.2) is 0 Å². The lowest BCUT2D eigenvalue weighted by Gasteiger charge is -2.11. The van der Waals surface area contributed by atoms with E-state index in [0.717, 1.165) is 11.1 Å². The lowest BCUT2D eigenvalue weighted by atomic mass is 10.1. The van der Waals surface area contributed by atoms with Crippen molar-refractivity contribution in [2.45, 2.75) is 0 Å². The summed E-state index contributed by atoms with van der Waals surface area (Å²) in [5, 5.41) is 0. The lowest BCUT2D eigenvalue weighted by Crippen LogP contribution is -2.41. The molecule has 0 aliphatic rings. The maximum atomic E-state index is 12.3. The van der Waals surface area contributed by atoms with Gasteiger partial charge in [0.05, 0.1) is 14.2 Å². The van der Waals surface area contributed by atoms with Gasteiger partial charge in [0.25, 0.3) is 11.8 Å². The summed E-state index contributed by atoms with van der Waals surface area (Å²) >= 11 is 0. The molecule has 1 aromatic heterocycles. The maximum Gasteiger partial charge on any atom is 0.269 e. The quantitative estimate of drug-likeness (QED) is 0.668. The molecule has 0 aliphatic heterocycles. The van der Waals surface area contributed by atoms with Gasteiger partial charge in [0.15, 0.2) is 11.5 Å². The second-order valence-electron chi connectivity index (χ2n) is 5.80. The molecule has 0 bridgehead atoms. The Kier molecular flexibility index (Phi) is 5.86. The van der Waals surface area contributed by atoms with Gasteiger partial charge in [0.2, 0.25) is 0 Å². The molecule has 7 nitrogen and oxygen atoms in total. The highest BCUT2D eigenvalue weighted by Crippen LogP contribution is 2.27. The summed E-state index contributed by atoms with van der Waals surface area (Å²) in [4.78, 5) is 28.6. The van der Waals surface area contributed by atoms with Gasteiger partial charge in [-0.2, -0.15) is 0 Å². The number of methoxy groups -OCH3 is 2. The lowest BCUT2D eigenvalue weighted by molar-refractivity contribution is 0.0846. The molecule has 2 N–H and O–H groups in total. The van der Waals surface area contributed by atoms with Crippen LogP contribution >= 0.6 is 0 Å². The van der Waals surface area contributed by atoms with E-state index in [0.29, 0.717) is 22.6 Å². The largest absolute Gasteiger partial charge is 0.493 e. The van der Waals surface area contributed by atoms with Crippen molar-refractivity contribution in [2.75, 3.05) is 14.2 Å². The normalized spacial score (nSPS) is 10.1. The molecule has 0 radical (unpaired) electrons. The van der Waals surface area contributed by atoms with Gasteiger partial charge in [-0.05, 0) is 47.5 Å². The standard InChI is InChI=1S/C21H19N3O4/c1-27-18-10-9-16(12-19(18)28-2)21(26)24-23-20(25)15-7-5-14(6-8-15)17-4-3-11-22-13-17/h3-13H,1-2H3,(H,23,25)(H,24,26). The Bertz CT molecular complexity index is 973. The molecule has 142 valence electrons. The van der Waals surface area contributed by atoms with Crippen LogP contribution in [0.4, 0.5) is 0 Å². The van der Waals surface area contributed by atoms with Crippen LogP contribution in [0.1, 0.15) is 20.7 Å². The molecule has 3 rings (SSSR count). The topological polar surface area (TPSA) is 89.6 Å². The summed E-state index contributed by atoms with van der Waals surface area (Å²) in [7, 11) is 2.99. The van der Waals surface area contributed by atoms with E-state index < -0.39 is 11.8 Å². The van der Waals surface area contributed by atoms with Crippen molar-refractivity contribution in [2.24, 2.45) is 0 Å². The van der Waals surface area contributed by atoms with Crippen molar-refractivity contribution in [3.05, 3.63) is 78.1 Å². The first-order valence-electron chi connectivity index (χ1n) is 8.45. The number of hydrogen-bond donors (Lipinski definition) is 2. The fourth-order valence-electron chi connectivity index (χ4n) is 2.58. The summed E-state index contributed by atoms with van der Waals surface area (Å²) < 4.78 is 10.3. The van der Waals surface area contributed by atoms with Gasteiger partial charge in [-0.3, -0.25) is 25.4 Å². The van der Waals surface area contributed by atoms with Crippen LogP contribution in [0, 0.1) is 0 Å². The van der Waals surface area contributed by atoms with E-state index in [1.165, 1.54) is 20.3 Å². The number of rotatable bonds is 5. The highest BCUT2D eigenvalue weighted by atomic mass is 16.5. The number of hydrazine groups is 1. The third-order valence-corrected chi connectivity index (χ3v) is 4.08. The Labute approximate surface area is 162 Å². The van der Waals surface area contributed by atoms with Crippen LogP contribution in [-0.2, 0) is 0 Å². The summed E-state index contributed by atoms with van der Waals surface area (Å²) in [6.45, 7) is 0. The minimum atomic E-state index is -0.471. The molecular weight excluding hydrogens is 358 g/mol. The Morgan fingerprint density at radius 1 is 0.786 bits per heavy atom. The van der Waals surface area contributed by atoms with Crippen LogP contribution in [0.5, 0.6) is 11.5 Å². The van der Waals surface area contributed by atoms with Gasteiger partial charge >= 0.3 is 0 Å². The molecule has 1 heterocycles. The molecule has 2 amide bonds. The van der Waals surface area contributed by atoms with Crippen LogP contribution < -0.4 is 20.3 Å². The van der Waals surface area contributed by atoms with E-state index in [4.69, 9.17) is 9.47 Å². The zero-order valence-corrected chi connectivity index (χ0v) is 15.4. The minimum absolute atomic E-state index is 0.324. The van der Waals surface area contributed by atoms with Crippen LogP contribution in [-0.4, -0.2) is 31.0 Å². The average molecular weight is 377 g/mol. The zero-order valence-electron chi connectivity index (χ0n) is 15.4. The predicted molar refractivity (Wildman–Crippen MR) is 104 cm³/mol. The summed E-state index contributed by atoms with van der Waals surface area (Å²) in [5.41, 5.74) is 7.43. The zero-order chi connectivity index (χ0) is 19.9. The predicted octanol–water partition coefficient (Wildman–Crippen LogP) is 2.84. The molecule has 3 aromatic rings. The summed E-state index contributed by atoms with van der Waals surface area (Å²) in [5.74, 6) is 0.0390. The van der Waals surface area contributed by atoms with E-state index in [1.807, 2.05) is 24.3 Å². The van der Waals surface area contributed by atoms with Gasteiger partial charge in [0, 0.05) is 23.5 Å². The van der Waals surface area contributed by atoms with Crippen molar-refractivity contribution < 1.29 is 19.1 Å². The number of hydrogen-bond acceptors (Lipinski definition) is 5. The minimum Gasteiger partial charge on any atom is -0.493 e. The van der Waals surface area contributed by atoms with E-state index in [-0.39, 0.29) is 0 Å². The molecule has 0 unspecified atom stereocenters.